The molecule has 1 aromatic heterocycles. The predicted molar refractivity (Wildman–Crippen MR) is 103 cm³/mol. The molecular formula is C20H18N2O4S. The minimum atomic E-state index is -0.473. The van der Waals surface area contributed by atoms with E-state index in [-0.39, 0.29) is 12.5 Å². The number of hydrogen-bond donors (Lipinski definition) is 1. The molecule has 7 heteroatoms. The van der Waals surface area contributed by atoms with Crippen LogP contribution in [0.1, 0.15) is 33.3 Å². The quantitative estimate of drug-likeness (QED) is 0.621. The second kappa shape index (κ2) is 8.95. The minimum Gasteiger partial charge on any atom is -0.487 e. The highest BCUT2D eigenvalue weighted by molar-refractivity contribution is 7.07. The summed E-state index contributed by atoms with van der Waals surface area (Å²) in [6, 6.07) is 13.5. The number of aromatic nitrogens is 1. The number of benzene rings is 2. The van der Waals surface area contributed by atoms with E-state index in [9.17, 15) is 9.59 Å². The van der Waals surface area contributed by atoms with Gasteiger partial charge in [0.2, 0.25) is 0 Å². The topological polar surface area (TPSA) is 77.5 Å². The number of esters is 1. The molecule has 3 aromatic rings. The van der Waals surface area contributed by atoms with Crippen molar-refractivity contribution >= 4 is 28.9 Å². The lowest BCUT2D eigenvalue weighted by molar-refractivity contribution is 0.0527. The molecule has 0 fully saturated rings. The van der Waals surface area contributed by atoms with Gasteiger partial charge in [-0.1, -0.05) is 12.1 Å². The number of hydrogen-bond acceptors (Lipinski definition) is 6. The molecule has 0 bridgehead atoms. The first-order valence-electron chi connectivity index (χ1n) is 8.35. The van der Waals surface area contributed by atoms with Crippen LogP contribution in [-0.2, 0) is 11.3 Å². The number of thiazole rings is 1. The fraction of sp³-hybridized carbons (Fsp3) is 0.150. The lowest BCUT2D eigenvalue weighted by Gasteiger charge is -2.11. The molecule has 0 unspecified atom stereocenters. The SMILES string of the molecule is CCOC(=O)c1ccccc1NC(=O)c1ccc(OCc2cscn2)cc1. The number of carbonyl (C=O) groups excluding carboxylic acids is 2. The Morgan fingerprint density at radius 1 is 1.11 bits per heavy atom. The van der Waals surface area contributed by atoms with Gasteiger partial charge in [0.25, 0.3) is 5.91 Å². The summed E-state index contributed by atoms with van der Waals surface area (Å²) in [5.74, 6) is -0.150. The van der Waals surface area contributed by atoms with E-state index in [1.165, 1.54) is 11.3 Å². The highest BCUT2D eigenvalue weighted by atomic mass is 32.1. The van der Waals surface area contributed by atoms with Crippen LogP contribution in [0.25, 0.3) is 0 Å². The third-order valence-electron chi connectivity index (χ3n) is 3.66. The molecule has 0 saturated heterocycles. The summed E-state index contributed by atoms with van der Waals surface area (Å²) in [4.78, 5) is 28.6. The minimum absolute atomic E-state index is 0.267. The number of carbonyl (C=O) groups is 2. The van der Waals surface area contributed by atoms with Crippen LogP contribution in [0.2, 0.25) is 0 Å². The van der Waals surface area contributed by atoms with Gasteiger partial charge in [-0.25, -0.2) is 9.78 Å². The Morgan fingerprint density at radius 2 is 1.89 bits per heavy atom. The summed E-state index contributed by atoms with van der Waals surface area (Å²) >= 11 is 1.51. The molecule has 1 heterocycles. The van der Waals surface area contributed by atoms with Crippen LogP contribution in [0, 0.1) is 0 Å². The van der Waals surface area contributed by atoms with Crippen LogP contribution in [0.3, 0.4) is 0 Å². The normalized spacial score (nSPS) is 10.3. The zero-order chi connectivity index (χ0) is 19.1. The summed E-state index contributed by atoms with van der Waals surface area (Å²) in [5, 5.41) is 4.67. The van der Waals surface area contributed by atoms with Gasteiger partial charge in [-0.2, -0.15) is 0 Å². The molecule has 0 aliphatic heterocycles. The van der Waals surface area contributed by atoms with Crippen molar-refractivity contribution in [2.24, 2.45) is 0 Å². The fourth-order valence-electron chi connectivity index (χ4n) is 2.34. The van der Waals surface area contributed by atoms with E-state index in [1.54, 1.807) is 61.0 Å². The van der Waals surface area contributed by atoms with Gasteiger partial charge in [0.1, 0.15) is 12.4 Å². The molecule has 0 saturated carbocycles. The molecule has 0 aliphatic carbocycles. The first-order chi connectivity index (χ1) is 13.2. The molecule has 0 aliphatic rings. The van der Waals surface area contributed by atoms with Crippen LogP contribution in [0.5, 0.6) is 5.75 Å². The average Bonchev–Trinajstić information content (AvgIpc) is 3.21. The van der Waals surface area contributed by atoms with E-state index in [0.29, 0.717) is 29.2 Å². The number of amides is 1. The van der Waals surface area contributed by atoms with E-state index >= 15 is 0 Å². The summed E-state index contributed by atoms with van der Waals surface area (Å²) in [5.41, 5.74) is 3.79. The van der Waals surface area contributed by atoms with Crippen molar-refractivity contribution in [1.29, 1.82) is 0 Å². The zero-order valence-electron chi connectivity index (χ0n) is 14.7. The van der Waals surface area contributed by atoms with Crippen LogP contribution in [0.15, 0.2) is 59.4 Å². The Labute approximate surface area is 160 Å². The molecule has 138 valence electrons. The first kappa shape index (κ1) is 18.6. The monoisotopic (exact) mass is 382 g/mol. The second-order valence-corrected chi connectivity index (χ2v) is 6.23. The molecule has 1 N–H and O–H groups in total. The molecule has 0 radical (unpaired) electrons. The Bertz CT molecular complexity index is 908. The summed E-state index contributed by atoms with van der Waals surface area (Å²) in [6.45, 7) is 2.38. The number of anilines is 1. The third-order valence-corrected chi connectivity index (χ3v) is 4.29. The highest BCUT2D eigenvalue weighted by Crippen LogP contribution is 2.19. The Morgan fingerprint density at radius 3 is 2.59 bits per heavy atom. The van der Waals surface area contributed by atoms with Crippen LogP contribution in [-0.4, -0.2) is 23.5 Å². The Hall–Kier alpha value is -3.19. The molecule has 2 aromatic carbocycles. The predicted octanol–water partition coefficient (Wildman–Crippen LogP) is 4.15. The van der Waals surface area contributed by atoms with Crippen molar-refractivity contribution in [2.45, 2.75) is 13.5 Å². The third kappa shape index (κ3) is 4.92. The maximum absolute atomic E-state index is 12.5. The van der Waals surface area contributed by atoms with Crippen molar-refractivity contribution in [1.82, 2.24) is 4.98 Å². The maximum Gasteiger partial charge on any atom is 0.340 e. The number of ether oxygens (including phenoxy) is 2. The van der Waals surface area contributed by atoms with Gasteiger partial charge in [0.05, 0.1) is 29.1 Å². The summed E-state index contributed by atoms with van der Waals surface area (Å²) in [7, 11) is 0. The molecule has 27 heavy (non-hydrogen) atoms. The molecular weight excluding hydrogens is 364 g/mol. The molecule has 3 rings (SSSR count). The van der Waals surface area contributed by atoms with Gasteiger partial charge >= 0.3 is 5.97 Å². The summed E-state index contributed by atoms with van der Waals surface area (Å²) in [6.07, 6.45) is 0. The summed E-state index contributed by atoms with van der Waals surface area (Å²) < 4.78 is 10.7. The van der Waals surface area contributed by atoms with Crippen molar-refractivity contribution in [3.8, 4) is 5.75 Å². The van der Waals surface area contributed by atoms with Crippen LogP contribution >= 0.6 is 11.3 Å². The number of nitrogens with zero attached hydrogens (tertiary/aromatic N) is 1. The molecule has 0 spiro atoms. The Kier molecular flexibility index (Phi) is 6.17. The largest absolute Gasteiger partial charge is 0.487 e. The number of rotatable bonds is 7. The molecule has 1 amide bonds. The highest BCUT2D eigenvalue weighted by Gasteiger charge is 2.14. The standard InChI is InChI=1S/C20H18N2O4S/c1-2-25-20(24)17-5-3-4-6-18(17)22-19(23)14-7-9-16(10-8-14)26-11-15-12-27-13-21-15/h3-10,12-13H,2,11H2,1H3,(H,22,23). The van der Waals surface area contributed by atoms with E-state index in [4.69, 9.17) is 9.47 Å². The second-order valence-electron chi connectivity index (χ2n) is 5.51. The lowest BCUT2D eigenvalue weighted by Crippen LogP contribution is -2.15. The van der Waals surface area contributed by atoms with Crippen molar-refractivity contribution in [3.05, 3.63) is 76.2 Å². The van der Waals surface area contributed by atoms with Crippen molar-refractivity contribution < 1.29 is 19.1 Å². The Balaban J connectivity index is 1.65. The van der Waals surface area contributed by atoms with E-state index in [2.05, 4.69) is 10.3 Å². The van der Waals surface area contributed by atoms with Gasteiger partial charge in [0, 0.05) is 10.9 Å². The average molecular weight is 382 g/mol. The van der Waals surface area contributed by atoms with Gasteiger partial charge in [0.15, 0.2) is 0 Å². The molecule has 6 nitrogen and oxygen atoms in total. The van der Waals surface area contributed by atoms with Crippen LogP contribution in [0.4, 0.5) is 5.69 Å². The van der Waals surface area contributed by atoms with E-state index in [1.807, 2.05) is 5.38 Å². The van der Waals surface area contributed by atoms with Crippen LogP contribution < -0.4 is 10.1 Å². The number of nitrogens with one attached hydrogen (secondary N) is 1. The van der Waals surface area contributed by atoms with Gasteiger partial charge in [-0.3, -0.25) is 4.79 Å². The zero-order valence-corrected chi connectivity index (χ0v) is 15.5. The fourth-order valence-corrected chi connectivity index (χ4v) is 2.89. The lowest BCUT2D eigenvalue weighted by atomic mass is 10.1. The van der Waals surface area contributed by atoms with Gasteiger partial charge in [-0.05, 0) is 43.3 Å². The maximum atomic E-state index is 12.5. The van der Waals surface area contributed by atoms with Gasteiger partial charge < -0.3 is 14.8 Å². The molecule has 0 atom stereocenters. The first-order valence-corrected chi connectivity index (χ1v) is 9.29. The van der Waals surface area contributed by atoms with Crippen molar-refractivity contribution in [3.63, 3.8) is 0 Å². The van der Waals surface area contributed by atoms with E-state index < -0.39 is 5.97 Å². The van der Waals surface area contributed by atoms with E-state index in [0.717, 1.165) is 5.69 Å². The van der Waals surface area contributed by atoms with Gasteiger partial charge in [-0.15, -0.1) is 11.3 Å². The number of para-hydroxylation sites is 1. The van der Waals surface area contributed by atoms with Crippen molar-refractivity contribution in [2.75, 3.05) is 11.9 Å². The smallest absolute Gasteiger partial charge is 0.340 e.